The Morgan fingerprint density at radius 3 is 2.44 bits per heavy atom. The van der Waals surface area contributed by atoms with Crippen molar-refractivity contribution >= 4 is 11.1 Å². The molecule has 0 radical (unpaired) electrons. The van der Waals surface area contributed by atoms with E-state index in [1.807, 2.05) is 12.1 Å². The molecular weight excluding hydrogens is 360 g/mol. The molecule has 4 nitrogen and oxygen atoms in total. The number of aliphatic hydroxyl groups excluding tert-OH is 1. The van der Waals surface area contributed by atoms with Crippen LogP contribution in [0.25, 0.3) is 0 Å². The molecule has 6 unspecified atom stereocenters. The lowest BCUT2D eigenvalue weighted by molar-refractivity contribution is 0.141. The summed E-state index contributed by atoms with van der Waals surface area (Å²) in [7, 11) is 0. The summed E-state index contributed by atoms with van der Waals surface area (Å²) < 4.78 is 23.7. The maximum absolute atomic E-state index is 12.6. The summed E-state index contributed by atoms with van der Waals surface area (Å²) in [6, 6.07) is 8.01. The van der Waals surface area contributed by atoms with Crippen molar-refractivity contribution in [1.29, 1.82) is 0 Å². The summed E-state index contributed by atoms with van der Waals surface area (Å²) in [5.41, 5.74) is 1.61. The first-order valence-corrected chi connectivity index (χ1v) is 11.4. The van der Waals surface area contributed by atoms with Gasteiger partial charge in [-0.3, -0.25) is 0 Å². The van der Waals surface area contributed by atoms with Gasteiger partial charge in [0, 0.05) is 6.42 Å². The van der Waals surface area contributed by atoms with Crippen LogP contribution < -0.4 is 4.18 Å². The predicted octanol–water partition coefficient (Wildman–Crippen LogP) is 4.59. The van der Waals surface area contributed by atoms with E-state index < -0.39 is 17.2 Å². The topological polar surface area (TPSA) is 59.1 Å². The van der Waals surface area contributed by atoms with Crippen LogP contribution in [0.2, 0.25) is 0 Å². The fourth-order valence-electron chi connectivity index (χ4n) is 3.98. The van der Waals surface area contributed by atoms with Gasteiger partial charge >= 0.3 is 0 Å². The molecule has 1 heterocycles. The molecule has 0 spiro atoms. The summed E-state index contributed by atoms with van der Waals surface area (Å²) >= 11 is -1.55. The van der Waals surface area contributed by atoms with Gasteiger partial charge in [-0.15, -0.1) is 0 Å². The van der Waals surface area contributed by atoms with Gasteiger partial charge in [0.2, 0.25) is 11.1 Å². The van der Waals surface area contributed by atoms with E-state index in [9.17, 15) is 9.32 Å². The van der Waals surface area contributed by atoms with E-state index >= 15 is 0 Å². The molecule has 1 N–H and O–H groups in total. The largest absolute Gasteiger partial charge is 0.400 e. The van der Waals surface area contributed by atoms with Gasteiger partial charge in [-0.1, -0.05) is 53.2 Å². The number of hydrogen-bond acceptors (Lipinski definition) is 4. The van der Waals surface area contributed by atoms with Crippen LogP contribution in [0.1, 0.15) is 71.8 Å². The maximum atomic E-state index is 12.6. The third-order valence-electron chi connectivity index (χ3n) is 6.32. The van der Waals surface area contributed by atoms with Gasteiger partial charge in [-0.2, -0.15) is 0 Å². The van der Waals surface area contributed by atoms with E-state index in [1.165, 1.54) is 5.56 Å². The highest BCUT2D eigenvalue weighted by molar-refractivity contribution is 7.81. The van der Waals surface area contributed by atoms with Gasteiger partial charge in [0.1, 0.15) is 11.0 Å². The van der Waals surface area contributed by atoms with Crippen molar-refractivity contribution in [2.75, 3.05) is 0 Å². The molecular formula is C22H34O4S. The zero-order chi connectivity index (χ0) is 19.8. The average Bonchev–Trinajstić information content (AvgIpc) is 3.37. The molecule has 1 aromatic carbocycles. The minimum Gasteiger partial charge on any atom is -0.400 e. The Hall–Kier alpha value is -0.910. The summed E-state index contributed by atoms with van der Waals surface area (Å²) in [5.74, 6) is 1.64. The van der Waals surface area contributed by atoms with Gasteiger partial charge in [0.15, 0.2) is 0 Å². The fourth-order valence-corrected chi connectivity index (χ4v) is 5.12. The monoisotopic (exact) mass is 394 g/mol. The van der Waals surface area contributed by atoms with Crippen LogP contribution >= 0.6 is 0 Å². The highest BCUT2D eigenvalue weighted by Crippen LogP contribution is 2.40. The van der Waals surface area contributed by atoms with Gasteiger partial charge < -0.3 is 14.0 Å². The lowest BCUT2D eigenvalue weighted by Gasteiger charge is -2.31. The Morgan fingerprint density at radius 1 is 1.22 bits per heavy atom. The number of benzene rings is 1. The van der Waals surface area contributed by atoms with Gasteiger partial charge in [-0.25, -0.2) is 4.21 Å². The number of hydrogen-bond donors (Lipinski definition) is 1. The molecule has 1 saturated heterocycles. The molecule has 2 fully saturated rings. The smallest absolute Gasteiger partial charge is 0.212 e. The Bertz CT molecular complexity index is 655. The third kappa shape index (κ3) is 5.12. The second-order valence-corrected chi connectivity index (χ2v) is 10.6. The molecule has 0 aromatic heterocycles. The second kappa shape index (κ2) is 8.22. The van der Waals surface area contributed by atoms with E-state index in [0.29, 0.717) is 35.8 Å². The standard InChI is InChI=1S/C22H34O4S/c1-6-22(4,5)13-17(14(2)3)15-7-9-16(10-8-15)26-27(24)21-12-20-19(25-20)11-18(21)23/h7-10,14,17-21,23H,6,11-13H2,1-5H3. The zero-order valence-corrected chi connectivity index (χ0v) is 18.0. The highest BCUT2D eigenvalue weighted by Gasteiger charge is 2.50. The molecule has 152 valence electrons. The van der Waals surface area contributed by atoms with E-state index in [1.54, 1.807) is 0 Å². The molecule has 5 heteroatoms. The third-order valence-corrected chi connectivity index (χ3v) is 7.68. The summed E-state index contributed by atoms with van der Waals surface area (Å²) in [6.07, 6.45) is 3.17. The Morgan fingerprint density at radius 2 is 1.85 bits per heavy atom. The molecule has 1 saturated carbocycles. The first kappa shape index (κ1) is 20.8. The van der Waals surface area contributed by atoms with Crippen LogP contribution in [0.5, 0.6) is 5.75 Å². The van der Waals surface area contributed by atoms with Crippen LogP contribution in [-0.2, 0) is 15.8 Å². The van der Waals surface area contributed by atoms with Gasteiger partial charge in [0.25, 0.3) is 0 Å². The molecule has 6 atom stereocenters. The summed E-state index contributed by atoms with van der Waals surface area (Å²) in [4.78, 5) is 0. The van der Waals surface area contributed by atoms with Gasteiger partial charge in [0.05, 0.1) is 18.3 Å². The first-order valence-electron chi connectivity index (χ1n) is 10.2. The van der Waals surface area contributed by atoms with Gasteiger partial charge in [-0.05, 0) is 47.8 Å². The van der Waals surface area contributed by atoms with Crippen molar-refractivity contribution in [3.05, 3.63) is 29.8 Å². The second-order valence-electron chi connectivity index (χ2n) is 9.28. The number of aliphatic hydroxyl groups is 1. The van der Waals surface area contributed by atoms with Crippen molar-refractivity contribution in [1.82, 2.24) is 0 Å². The first-order chi connectivity index (χ1) is 12.7. The van der Waals surface area contributed by atoms with Crippen molar-refractivity contribution < 1.29 is 18.2 Å². The fraction of sp³-hybridized carbons (Fsp3) is 0.727. The highest BCUT2D eigenvalue weighted by atomic mass is 32.2. The van der Waals surface area contributed by atoms with E-state index in [0.717, 1.165) is 12.8 Å². The SMILES string of the molecule is CCC(C)(C)CC(c1ccc(OS(=O)C2CC3OC3CC2O)cc1)C(C)C. The minimum absolute atomic E-state index is 0.155. The lowest BCUT2D eigenvalue weighted by Crippen LogP contribution is -2.38. The molecule has 0 bridgehead atoms. The summed E-state index contributed by atoms with van der Waals surface area (Å²) in [6.45, 7) is 11.4. The molecule has 1 aliphatic carbocycles. The van der Waals surface area contributed by atoms with E-state index in [2.05, 4.69) is 46.8 Å². The quantitative estimate of drug-likeness (QED) is 0.655. The molecule has 1 aliphatic heterocycles. The van der Waals surface area contributed by atoms with Crippen LogP contribution in [0.15, 0.2) is 24.3 Å². The number of rotatable bonds is 8. The minimum atomic E-state index is -1.55. The molecule has 2 aliphatic rings. The Kier molecular flexibility index (Phi) is 6.34. The Balaban J connectivity index is 1.64. The molecule has 1 aromatic rings. The van der Waals surface area contributed by atoms with Crippen LogP contribution in [0, 0.1) is 11.3 Å². The molecule has 27 heavy (non-hydrogen) atoms. The van der Waals surface area contributed by atoms with Crippen molar-refractivity contribution in [2.24, 2.45) is 11.3 Å². The predicted molar refractivity (Wildman–Crippen MR) is 109 cm³/mol. The normalized spacial score (nSPS) is 29.9. The lowest BCUT2D eigenvalue weighted by atomic mass is 9.74. The number of epoxide rings is 1. The molecule has 0 amide bonds. The van der Waals surface area contributed by atoms with Crippen LogP contribution in [0.3, 0.4) is 0 Å². The maximum Gasteiger partial charge on any atom is 0.212 e. The summed E-state index contributed by atoms with van der Waals surface area (Å²) in [5, 5.41) is 9.80. The van der Waals surface area contributed by atoms with Crippen LogP contribution in [0.4, 0.5) is 0 Å². The van der Waals surface area contributed by atoms with Crippen LogP contribution in [-0.4, -0.2) is 32.9 Å². The number of fused-ring (bicyclic) bond motifs is 1. The van der Waals surface area contributed by atoms with E-state index in [4.69, 9.17) is 8.92 Å². The Labute approximate surface area is 166 Å². The van der Waals surface area contributed by atoms with Crippen molar-refractivity contribution in [3.63, 3.8) is 0 Å². The molecule has 3 rings (SSSR count). The number of ether oxygens (including phenoxy) is 1. The average molecular weight is 395 g/mol. The van der Waals surface area contributed by atoms with Crippen molar-refractivity contribution in [3.8, 4) is 5.75 Å². The van der Waals surface area contributed by atoms with Crippen molar-refractivity contribution in [2.45, 2.75) is 89.8 Å². The van der Waals surface area contributed by atoms with E-state index in [-0.39, 0.29) is 17.5 Å². The zero-order valence-electron chi connectivity index (χ0n) is 17.2.